The third-order valence-electron chi connectivity index (χ3n) is 4.85. The number of benzene rings is 1. The monoisotopic (exact) mass is 403 g/mol. The molecule has 3 heterocycles. The lowest BCUT2D eigenvalue weighted by molar-refractivity contribution is 0.0666. The average Bonchev–Trinajstić information content (AvgIpc) is 2.90. The molecule has 1 aliphatic heterocycles. The molecule has 0 radical (unpaired) electrons. The summed E-state index contributed by atoms with van der Waals surface area (Å²) in [4.78, 5) is 9.05. The number of fused-ring (bicyclic) bond motifs is 1. The van der Waals surface area contributed by atoms with Crippen LogP contribution < -0.4 is 0 Å². The molecule has 4 nitrogen and oxygen atoms in total. The van der Waals surface area contributed by atoms with E-state index < -0.39 is 12.5 Å². The summed E-state index contributed by atoms with van der Waals surface area (Å²) in [5.41, 5.74) is 4.28. The van der Waals surface area contributed by atoms with Crippen molar-refractivity contribution in [2.24, 2.45) is 0 Å². The lowest BCUT2D eigenvalue weighted by Crippen LogP contribution is -2.15. The van der Waals surface area contributed by atoms with Gasteiger partial charge in [-0.1, -0.05) is 11.6 Å². The van der Waals surface area contributed by atoms with E-state index in [2.05, 4.69) is 9.55 Å². The van der Waals surface area contributed by atoms with E-state index in [0.717, 1.165) is 22.6 Å². The molecule has 1 aromatic carbocycles. The van der Waals surface area contributed by atoms with Crippen molar-refractivity contribution in [3.05, 3.63) is 58.3 Å². The molecule has 0 fully saturated rings. The van der Waals surface area contributed by atoms with Gasteiger partial charge in [-0.15, -0.1) is 0 Å². The minimum absolute atomic E-state index is 0.000207. The summed E-state index contributed by atoms with van der Waals surface area (Å²) in [6, 6.07) is 8.29. The zero-order valence-corrected chi connectivity index (χ0v) is 16.4. The molecule has 0 aliphatic carbocycles. The largest absolute Gasteiger partial charge is 0.376 e. The van der Waals surface area contributed by atoms with Crippen molar-refractivity contribution in [2.45, 2.75) is 39.6 Å². The fraction of sp³-hybridized carbons (Fsp3) is 0.333. The number of ether oxygens (including phenoxy) is 1. The quantitative estimate of drug-likeness (QED) is 0.607. The number of aromatic nitrogens is 3. The summed E-state index contributed by atoms with van der Waals surface area (Å²) in [5.74, 6) is 0.157. The van der Waals surface area contributed by atoms with Crippen LogP contribution in [0.15, 0.2) is 30.3 Å². The second-order valence-corrected chi connectivity index (χ2v) is 7.43. The molecule has 3 aromatic rings. The van der Waals surface area contributed by atoms with Gasteiger partial charge in [0.25, 0.3) is 0 Å². The number of imidazole rings is 1. The van der Waals surface area contributed by atoms with E-state index in [1.54, 1.807) is 12.1 Å². The number of alkyl halides is 1. The maximum Gasteiger partial charge on any atom is 0.142 e. The smallest absolute Gasteiger partial charge is 0.142 e. The van der Waals surface area contributed by atoms with Crippen molar-refractivity contribution in [3.63, 3.8) is 0 Å². The van der Waals surface area contributed by atoms with Crippen LogP contribution in [0.5, 0.6) is 0 Å². The SMILES string of the molecule is Cc1cc(-c2nc(-c3ccc(Cl)c(F)c3)n3c2CCO[C@H](C)C3)cc(CF)n1. The van der Waals surface area contributed by atoms with Gasteiger partial charge in [0.05, 0.1) is 35.7 Å². The molecule has 0 N–H and O–H groups in total. The lowest BCUT2D eigenvalue weighted by atomic mass is 10.1. The van der Waals surface area contributed by atoms with Crippen LogP contribution in [-0.2, 0) is 24.4 Å². The second kappa shape index (κ2) is 7.60. The highest BCUT2D eigenvalue weighted by molar-refractivity contribution is 6.30. The van der Waals surface area contributed by atoms with Crippen LogP contribution in [0, 0.1) is 12.7 Å². The van der Waals surface area contributed by atoms with Gasteiger partial charge >= 0.3 is 0 Å². The van der Waals surface area contributed by atoms with Crippen molar-refractivity contribution in [1.82, 2.24) is 14.5 Å². The van der Waals surface area contributed by atoms with Crippen LogP contribution in [0.4, 0.5) is 8.78 Å². The Kier molecular flexibility index (Phi) is 5.17. The first-order valence-electron chi connectivity index (χ1n) is 9.16. The highest BCUT2D eigenvalue weighted by atomic mass is 35.5. The predicted molar refractivity (Wildman–Crippen MR) is 105 cm³/mol. The molecule has 2 aromatic heterocycles. The number of hydrogen-bond donors (Lipinski definition) is 0. The summed E-state index contributed by atoms with van der Waals surface area (Å²) in [5, 5.41) is 0.0701. The number of rotatable bonds is 3. The van der Waals surface area contributed by atoms with Gasteiger partial charge in [0.15, 0.2) is 0 Å². The molecule has 0 unspecified atom stereocenters. The van der Waals surface area contributed by atoms with Crippen molar-refractivity contribution < 1.29 is 13.5 Å². The number of hydrogen-bond acceptors (Lipinski definition) is 3. The summed E-state index contributed by atoms with van der Waals surface area (Å²) in [6.45, 7) is 4.35. The average molecular weight is 404 g/mol. The Balaban J connectivity index is 1.93. The normalized spacial score (nSPS) is 16.7. The first-order chi connectivity index (χ1) is 13.5. The first-order valence-corrected chi connectivity index (χ1v) is 9.54. The van der Waals surface area contributed by atoms with E-state index in [1.165, 1.54) is 12.1 Å². The van der Waals surface area contributed by atoms with E-state index in [4.69, 9.17) is 21.3 Å². The summed E-state index contributed by atoms with van der Waals surface area (Å²) in [6.07, 6.45) is 0.662. The highest BCUT2D eigenvalue weighted by Gasteiger charge is 2.24. The summed E-state index contributed by atoms with van der Waals surface area (Å²) < 4.78 is 35.2. The molecule has 146 valence electrons. The zero-order chi connectivity index (χ0) is 19.8. The van der Waals surface area contributed by atoms with Gasteiger partial charge in [-0.2, -0.15) is 0 Å². The molecule has 0 spiro atoms. The second-order valence-electron chi connectivity index (χ2n) is 7.02. The van der Waals surface area contributed by atoms with Crippen molar-refractivity contribution in [3.8, 4) is 22.6 Å². The Bertz CT molecular complexity index is 1030. The van der Waals surface area contributed by atoms with E-state index in [0.29, 0.717) is 36.7 Å². The van der Waals surface area contributed by atoms with Crippen molar-refractivity contribution in [1.29, 1.82) is 0 Å². The van der Waals surface area contributed by atoms with Crippen LogP contribution in [0.3, 0.4) is 0 Å². The van der Waals surface area contributed by atoms with E-state index in [9.17, 15) is 8.78 Å². The van der Waals surface area contributed by atoms with Gasteiger partial charge in [-0.25, -0.2) is 13.8 Å². The molecule has 4 rings (SSSR count). The van der Waals surface area contributed by atoms with Gasteiger partial charge in [0.1, 0.15) is 18.3 Å². The van der Waals surface area contributed by atoms with Crippen LogP contribution in [-0.4, -0.2) is 27.2 Å². The van der Waals surface area contributed by atoms with E-state index in [1.807, 2.05) is 19.9 Å². The van der Waals surface area contributed by atoms with Gasteiger partial charge in [-0.3, -0.25) is 4.98 Å². The standard InChI is InChI=1S/C21H20ClF2N3O/c1-12-7-15(8-16(10-23)25-12)20-19-5-6-28-13(2)11-27(19)21(26-20)14-3-4-17(22)18(24)9-14/h3-4,7-9,13H,5-6,10-11H2,1-2H3/t13-/m1/s1. The van der Waals surface area contributed by atoms with E-state index in [-0.39, 0.29) is 11.1 Å². The molecule has 0 saturated heterocycles. The summed E-state index contributed by atoms with van der Waals surface area (Å²) >= 11 is 5.85. The minimum atomic E-state index is -0.639. The molecule has 0 amide bonds. The van der Waals surface area contributed by atoms with Crippen LogP contribution in [0.2, 0.25) is 5.02 Å². The third-order valence-corrected chi connectivity index (χ3v) is 5.15. The zero-order valence-electron chi connectivity index (χ0n) is 15.7. The molecule has 1 aliphatic rings. The maximum atomic E-state index is 14.1. The molecule has 0 saturated carbocycles. The highest BCUT2D eigenvalue weighted by Crippen LogP contribution is 2.33. The fourth-order valence-electron chi connectivity index (χ4n) is 3.63. The van der Waals surface area contributed by atoms with Crippen molar-refractivity contribution >= 4 is 11.6 Å². The first kappa shape index (κ1) is 19.0. The maximum absolute atomic E-state index is 14.1. The Morgan fingerprint density at radius 2 is 2.04 bits per heavy atom. The van der Waals surface area contributed by atoms with Crippen molar-refractivity contribution in [2.75, 3.05) is 6.61 Å². The van der Waals surface area contributed by atoms with Gasteiger partial charge < -0.3 is 9.30 Å². The third kappa shape index (κ3) is 3.54. The fourth-order valence-corrected chi connectivity index (χ4v) is 3.75. The minimum Gasteiger partial charge on any atom is -0.376 e. The molecule has 7 heteroatoms. The molecule has 0 bridgehead atoms. The lowest BCUT2D eigenvalue weighted by Gasteiger charge is -2.13. The summed E-state index contributed by atoms with van der Waals surface area (Å²) in [7, 11) is 0. The molecule has 1 atom stereocenters. The Morgan fingerprint density at radius 1 is 1.21 bits per heavy atom. The van der Waals surface area contributed by atoms with E-state index >= 15 is 0 Å². The van der Waals surface area contributed by atoms with Crippen LogP contribution in [0.25, 0.3) is 22.6 Å². The number of nitrogens with zero attached hydrogens (tertiary/aromatic N) is 3. The van der Waals surface area contributed by atoms with Crippen LogP contribution >= 0.6 is 11.6 Å². The molecular weight excluding hydrogens is 384 g/mol. The van der Waals surface area contributed by atoms with Crippen LogP contribution in [0.1, 0.15) is 24.0 Å². The molecular formula is C21H20ClF2N3O. The number of halogens is 3. The van der Waals surface area contributed by atoms with Gasteiger partial charge in [0, 0.05) is 28.9 Å². The topological polar surface area (TPSA) is 39.9 Å². The Hall–Kier alpha value is -2.31. The number of pyridine rings is 1. The predicted octanol–water partition coefficient (Wildman–Crippen LogP) is 5.14. The Labute approximate surface area is 167 Å². The van der Waals surface area contributed by atoms with Gasteiger partial charge in [-0.05, 0) is 44.2 Å². The molecule has 28 heavy (non-hydrogen) atoms. The Morgan fingerprint density at radius 3 is 2.79 bits per heavy atom. The number of aryl methyl sites for hydroxylation is 1. The van der Waals surface area contributed by atoms with Gasteiger partial charge in [0.2, 0.25) is 0 Å².